The topological polar surface area (TPSA) is 136 Å². The maximum Gasteiger partial charge on any atom is 0.497 e. The number of rotatable bonds is 6. The van der Waals surface area contributed by atoms with Gasteiger partial charge in [0.15, 0.2) is 0 Å². The first-order chi connectivity index (χ1) is 32.6. The van der Waals surface area contributed by atoms with Gasteiger partial charge in [-0.15, -0.1) is 0 Å². The second-order valence-electron chi connectivity index (χ2n) is 17.2. The van der Waals surface area contributed by atoms with Gasteiger partial charge in [0.2, 0.25) is 0 Å². The number of benzene rings is 8. The lowest BCUT2D eigenvalue weighted by Crippen LogP contribution is -2.41. The molecule has 14 heteroatoms. The zero-order valence-corrected chi connectivity index (χ0v) is 40.9. The number of fused-ring (bicyclic) bond motifs is 6. The second-order valence-corrected chi connectivity index (χ2v) is 19.2. The first-order valence-electron chi connectivity index (χ1n) is 21.7. The SMILES string of the molecule is CC1(C)OB(c2cccc3c2[nH]c2ccccc23)OC1(C)C.O=[N+]([O-])c1cccc(Cl)c1-c1ccccc1-c1cccc2c1[nH]c1ccccc12.O=[N+]([O-])c1cccc(Cl)c1-c1ccccc1I. The molecule has 0 atom stereocenters. The Morgan fingerprint density at radius 2 is 0.897 bits per heavy atom. The zero-order valence-electron chi connectivity index (χ0n) is 37.2. The highest BCUT2D eigenvalue weighted by molar-refractivity contribution is 14.1. The highest BCUT2D eigenvalue weighted by Gasteiger charge is 2.52. The van der Waals surface area contributed by atoms with Gasteiger partial charge in [0.1, 0.15) is 0 Å². The number of aromatic amines is 2. The van der Waals surface area contributed by atoms with Crippen LogP contribution in [0.2, 0.25) is 10.0 Å². The van der Waals surface area contributed by atoms with Crippen LogP contribution in [0, 0.1) is 23.8 Å². The number of nitro benzene ring substituents is 2. The first-order valence-corrected chi connectivity index (χ1v) is 23.5. The lowest BCUT2D eigenvalue weighted by atomic mass is 9.78. The van der Waals surface area contributed by atoms with E-state index in [1.165, 1.54) is 22.9 Å². The van der Waals surface area contributed by atoms with Crippen molar-refractivity contribution in [2.24, 2.45) is 0 Å². The molecule has 0 saturated carbocycles. The lowest BCUT2D eigenvalue weighted by Gasteiger charge is -2.32. The summed E-state index contributed by atoms with van der Waals surface area (Å²) in [7, 11) is -0.346. The summed E-state index contributed by atoms with van der Waals surface area (Å²) < 4.78 is 13.4. The summed E-state index contributed by atoms with van der Waals surface area (Å²) in [4.78, 5) is 28.9. The van der Waals surface area contributed by atoms with Gasteiger partial charge in [-0.05, 0) is 91.7 Å². The first kappa shape index (κ1) is 46.6. The van der Waals surface area contributed by atoms with Gasteiger partial charge < -0.3 is 19.3 Å². The van der Waals surface area contributed by atoms with E-state index in [1.54, 1.807) is 24.3 Å². The Bertz CT molecular complexity index is 3560. The third-order valence-electron chi connectivity index (χ3n) is 12.6. The molecule has 1 aliphatic heterocycles. The average molecular weight is 1050 g/mol. The molecule has 338 valence electrons. The van der Waals surface area contributed by atoms with Gasteiger partial charge >= 0.3 is 7.12 Å². The van der Waals surface area contributed by atoms with E-state index in [4.69, 9.17) is 32.5 Å². The van der Waals surface area contributed by atoms with Gasteiger partial charge in [-0.1, -0.05) is 151 Å². The third-order valence-corrected chi connectivity index (χ3v) is 14.2. The van der Waals surface area contributed by atoms with Crippen molar-refractivity contribution in [3.05, 3.63) is 204 Å². The Kier molecular flexibility index (Phi) is 12.9. The molecule has 1 saturated heterocycles. The molecular formula is C54H42BCl2IN4O6. The fourth-order valence-corrected chi connectivity index (χ4v) is 9.82. The number of nitrogens with one attached hydrogen (secondary N) is 2. The number of para-hydroxylation sites is 4. The number of hydrogen-bond acceptors (Lipinski definition) is 6. The van der Waals surface area contributed by atoms with Crippen molar-refractivity contribution >= 4 is 113 Å². The maximum absolute atomic E-state index is 11.7. The number of H-pyrrole nitrogens is 2. The van der Waals surface area contributed by atoms with Crippen LogP contribution in [0.15, 0.2) is 170 Å². The van der Waals surface area contributed by atoms with Crippen LogP contribution in [0.1, 0.15) is 27.7 Å². The van der Waals surface area contributed by atoms with Crippen molar-refractivity contribution in [3.63, 3.8) is 0 Å². The van der Waals surface area contributed by atoms with Crippen molar-refractivity contribution in [1.82, 2.24) is 9.97 Å². The lowest BCUT2D eigenvalue weighted by molar-refractivity contribution is -0.384. The highest BCUT2D eigenvalue weighted by Crippen LogP contribution is 2.44. The Morgan fingerprint density at radius 3 is 1.46 bits per heavy atom. The predicted octanol–water partition coefficient (Wildman–Crippen LogP) is 15.4. The Morgan fingerprint density at radius 1 is 0.485 bits per heavy atom. The molecule has 3 heterocycles. The van der Waals surface area contributed by atoms with E-state index in [0.717, 1.165) is 64.1 Å². The summed E-state index contributed by atoms with van der Waals surface area (Å²) in [6.45, 7) is 8.33. The maximum atomic E-state index is 11.7. The van der Waals surface area contributed by atoms with Crippen LogP contribution in [0.3, 0.4) is 0 Å². The van der Waals surface area contributed by atoms with Gasteiger partial charge in [0.05, 0.1) is 47.7 Å². The van der Waals surface area contributed by atoms with E-state index >= 15 is 0 Å². The van der Waals surface area contributed by atoms with E-state index in [0.29, 0.717) is 21.2 Å². The van der Waals surface area contributed by atoms with Crippen LogP contribution >= 0.6 is 45.8 Å². The molecule has 2 N–H and O–H groups in total. The quantitative estimate of drug-likeness (QED) is 0.0737. The number of nitro groups is 2. The van der Waals surface area contributed by atoms with Crippen molar-refractivity contribution in [1.29, 1.82) is 0 Å². The number of hydrogen-bond donors (Lipinski definition) is 2. The molecule has 0 spiro atoms. The molecule has 0 radical (unpaired) electrons. The van der Waals surface area contributed by atoms with E-state index in [-0.39, 0.29) is 34.6 Å². The van der Waals surface area contributed by atoms with E-state index in [1.807, 2.05) is 84.9 Å². The van der Waals surface area contributed by atoms with Gasteiger partial charge in [0.25, 0.3) is 11.4 Å². The van der Waals surface area contributed by atoms with Crippen LogP contribution in [0.5, 0.6) is 0 Å². The molecule has 1 fully saturated rings. The molecule has 10 aromatic rings. The third kappa shape index (κ3) is 8.74. The molecule has 0 bridgehead atoms. The zero-order chi connectivity index (χ0) is 47.9. The smallest absolute Gasteiger partial charge is 0.399 e. The summed E-state index contributed by atoms with van der Waals surface area (Å²) in [5.41, 5.74) is 9.01. The molecule has 1 aliphatic rings. The summed E-state index contributed by atoms with van der Waals surface area (Å²) in [5.74, 6) is 0. The molecule has 2 aromatic heterocycles. The molecule has 8 aromatic carbocycles. The minimum atomic E-state index is -0.412. The molecular weight excluding hydrogens is 1010 g/mol. The Balaban J connectivity index is 0.000000132. The summed E-state index contributed by atoms with van der Waals surface area (Å²) in [5, 5.41) is 28.1. The monoisotopic (exact) mass is 1050 g/mol. The predicted molar refractivity (Wildman–Crippen MR) is 286 cm³/mol. The largest absolute Gasteiger partial charge is 0.497 e. The van der Waals surface area contributed by atoms with Crippen molar-refractivity contribution in [2.75, 3.05) is 0 Å². The Labute approximate surface area is 415 Å². The van der Waals surface area contributed by atoms with Gasteiger partial charge in [0, 0.05) is 70.4 Å². The number of halogens is 3. The summed E-state index contributed by atoms with van der Waals surface area (Å²) >= 11 is 14.6. The van der Waals surface area contributed by atoms with E-state index in [2.05, 4.69) is 109 Å². The van der Waals surface area contributed by atoms with Crippen LogP contribution in [0.4, 0.5) is 11.4 Å². The molecule has 0 unspecified atom stereocenters. The molecule has 10 nitrogen and oxygen atoms in total. The van der Waals surface area contributed by atoms with Gasteiger partial charge in [-0.2, -0.15) is 0 Å². The van der Waals surface area contributed by atoms with Crippen molar-refractivity contribution in [3.8, 4) is 33.4 Å². The van der Waals surface area contributed by atoms with Crippen molar-refractivity contribution in [2.45, 2.75) is 38.9 Å². The minimum absolute atomic E-state index is 0.00577. The molecule has 0 aliphatic carbocycles. The summed E-state index contributed by atoms with van der Waals surface area (Å²) in [6, 6.07) is 53.5. The summed E-state index contributed by atoms with van der Waals surface area (Å²) in [6.07, 6.45) is 0. The fourth-order valence-electron chi connectivity index (χ4n) is 8.62. The second kappa shape index (κ2) is 18.9. The molecule has 0 amide bonds. The van der Waals surface area contributed by atoms with E-state index < -0.39 is 4.92 Å². The Hall–Kier alpha value is -6.55. The van der Waals surface area contributed by atoms with Gasteiger partial charge in [-0.25, -0.2) is 0 Å². The molecule has 11 rings (SSSR count). The fraction of sp³-hybridized carbons (Fsp3) is 0.111. The minimum Gasteiger partial charge on any atom is -0.399 e. The van der Waals surface area contributed by atoms with Crippen LogP contribution in [-0.4, -0.2) is 38.1 Å². The van der Waals surface area contributed by atoms with Crippen LogP contribution < -0.4 is 5.46 Å². The molecule has 68 heavy (non-hydrogen) atoms. The highest BCUT2D eigenvalue weighted by atomic mass is 127. The normalized spacial score (nSPS) is 13.8. The number of aromatic nitrogens is 2. The van der Waals surface area contributed by atoms with Crippen LogP contribution in [0.25, 0.3) is 77.0 Å². The van der Waals surface area contributed by atoms with E-state index in [9.17, 15) is 20.2 Å². The van der Waals surface area contributed by atoms with Crippen molar-refractivity contribution < 1.29 is 19.2 Å². The van der Waals surface area contributed by atoms with Crippen LogP contribution in [-0.2, 0) is 9.31 Å². The average Bonchev–Trinajstić information content (AvgIpc) is 3.97. The standard InChI is InChI=1S/C24H15ClN2O2.C18H20BNO2.C12H7ClINO2/c25-20-12-6-14-22(27(28)29)23(20)17-9-2-1-7-15(17)18-10-5-11-19-16-8-3-4-13-21(16)26-24(18)19;1-17(2)18(3,4)22-19(21-17)14-10-7-9-13-12-8-5-6-11-15(12)20-16(13)14;13-9-5-3-7-11(15(16)17)12(9)8-4-1-2-6-10(8)14/h1-14,26H;5-11,20H,1-4H3;1-7H. The van der Waals surface area contributed by atoms with Gasteiger partial charge in [-0.3, -0.25) is 20.2 Å². The number of nitrogens with zero attached hydrogens (tertiary/aromatic N) is 2.